The second-order valence-corrected chi connectivity index (χ2v) is 5.21. The zero-order valence-corrected chi connectivity index (χ0v) is 11.7. The molecule has 1 N–H and O–H groups in total. The van der Waals surface area contributed by atoms with Crippen LogP contribution in [0.15, 0.2) is 46.9 Å². The molecule has 0 aliphatic rings. The van der Waals surface area contributed by atoms with Crippen molar-refractivity contribution in [3.63, 3.8) is 0 Å². The van der Waals surface area contributed by atoms with Crippen molar-refractivity contribution in [3.8, 4) is 11.4 Å². The van der Waals surface area contributed by atoms with Crippen molar-refractivity contribution < 1.29 is 0 Å². The number of nitrogens with zero attached hydrogens (tertiary/aromatic N) is 1. The largest absolute Gasteiger partial charge is 0.338 e. The quantitative estimate of drug-likeness (QED) is 0.739. The Morgan fingerprint density at radius 1 is 1.11 bits per heavy atom. The molecule has 3 rings (SSSR count). The SMILES string of the molecule is CCc1ccc(-c2nc3ccc(Br)cc3[nH]2)cc1. The first-order valence-electron chi connectivity index (χ1n) is 6.01. The van der Waals surface area contributed by atoms with E-state index < -0.39 is 0 Å². The molecule has 1 aromatic heterocycles. The highest BCUT2D eigenvalue weighted by Gasteiger charge is 2.05. The van der Waals surface area contributed by atoms with Crippen molar-refractivity contribution in [2.24, 2.45) is 0 Å². The number of nitrogens with one attached hydrogen (secondary N) is 1. The van der Waals surface area contributed by atoms with Crippen LogP contribution in [0.1, 0.15) is 12.5 Å². The minimum Gasteiger partial charge on any atom is -0.338 e. The number of fused-ring (bicyclic) bond motifs is 1. The van der Waals surface area contributed by atoms with Gasteiger partial charge in [0.25, 0.3) is 0 Å². The minimum absolute atomic E-state index is 0.922. The standard InChI is InChI=1S/C15H13BrN2/c1-2-10-3-5-11(6-4-10)15-17-13-8-7-12(16)9-14(13)18-15/h3-9H,2H2,1H3,(H,17,18). The van der Waals surface area contributed by atoms with Gasteiger partial charge < -0.3 is 4.98 Å². The number of rotatable bonds is 2. The van der Waals surface area contributed by atoms with Crippen LogP contribution in [0.25, 0.3) is 22.4 Å². The first-order chi connectivity index (χ1) is 8.76. The zero-order valence-electron chi connectivity index (χ0n) is 10.1. The van der Waals surface area contributed by atoms with Crippen molar-refractivity contribution in [3.05, 3.63) is 52.5 Å². The number of H-pyrrole nitrogens is 1. The number of hydrogen-bond acceptors (Lipinski definition) is 1. The van der Waals surface area contributed by atoms with Gasteiger partial charge in [-0.3, -0.25) is 0 Å². The average Bonchev–Trinajstić information content (AvgIpc) is 2.81. The maximum Gasteiger partial charge on any atom is 0.138 e. The van der Waals surface area contributed by atoms with E-state index in [1.165, 1.54) is 5.56 Å². The summed E-state index contributed by atoms with van der Waals surface area (Å²) in [5.74, 6) is 0.922. The predicted molar refractivity (Wildman–Crippen MR) is 78.6 cm³/mol. The molecular formula is C15H13BrN2. The molecule has 0 aliphatic carbocycles. The van der Waals surface area contributed by atoms with E-state index >= 15 is 0 Å². The highest BCUT2D eigenvalue weighted by Crippen LogP contribution is 2.23. The Morgan fingerprint density at radius 3 is 2.61 bits per heavy atom. The van der Waals surface area contributed by atoms with Gasteiger partial charge in [0.15, 0.2) is 0 Å². The number of aromatic nitrogens is 2. The van der Waals surface area contributed by atoms with Crippen LogP contribution < -0.4 is 0 Å². The van der Waals surface area contributed by atoms with Gasteiger partial charge in [0.2, 0.25) is 0 Å². The molecule has 2 aromatic carbocycles. The second kappa shape index (κ2) is 4.58. The van der Waals surface area contributed by atoms with E-state index in [2.05, 4.69) is 57.1 Å². The number of hydrogen-bond donors (Lipinski definition) is 1. The molecule has 0 unspecified atom stereocenters. The Balaban J connectivity index is 2.07. The summed E-state index contributed by atoms with van der Waals surface area (Å²) in [6.07, 6.45) is 1.06. The minimum atomic E-state index is 0.922. The van der Waals surface area contributed by atoms with E-state index in [-0.39, 0.29) is 0 Å². The van der Waals surface area contributed by atoms with Crippen LogP contribution in [0.4, 0.5) is 0 Å². The fourth-order valence-electron chi connectivity index (χ4n) is 2.02. The van der Waals surface area contributed by atoms with Gasteiger partial charge in [0.1, 0.15) is 5.82 Å². The van der Waals surface area contributed by atoms with Gasteiger partial charge in [0, 0.05) is 10.0 Å². The third kappa shape index (κ3) is 2.06. The van der Waals surface area contributed by atoms with Crippen molar-refractivity contribution in [1.29, 1.82) is 0 Å². The predicted octanol–water partition coefficient (Wildman–Crippen LogP) is 4.55. The summed E-state index contributed by atoms with van der Waals surface area (Å²) in [5.41, 5.74) is 4.52. The summed E-state index contributed by atoms with van der Waals surface area (Å²) in [6, 6.07) is 14.6. The van der Waals surface area contributed by atoms with E-state index in [1.807, 2.05) is 18.2 Å². The summed E-state index contributed by atoms with van der Waals surface area (Å²) in [7, 11) is 0. The van der Waals surface area contributed by atoms with E-state index in [1.54, 1.807) is 0 Å². The number of aryl methyl sites for hydroxylation is 1. The topological polar surface area (TPSA) is 28.7 Å². The maximum absolute atomic E-state index is 4.60. The highest BCUT2D eigenvalue weighted by atomic mass is 79.9. The van der Waals surface area contributed by atoms with E-state index in [0.717, 1.165) is 33.3 Å². The zero-order chi connectivity index (χ0) is 12.5. The van der Waals surface area contributed by atoms with Crippen molar-refractivity contribution in [1.82, 2.24) is 9.97 Å². The van der Waals surface area contributed by atoms with Crippen LogP contribution in [-0.2, 0) is 6.42 Å². The normalized spacial score (nSPS) is 11.0. The molecule has 18 heavy (non-hydrogen) atoms. The van der Waals surface area contributed by atoms with Crippen LogP contribution in [0, 0.1) is 0 Å². The molecule has 1 heterocycles. The Hall–Kier alpha value is -1.61. The van der Waals surface area contributed by atoms with Gasteiger partial charge in [0.05, 0.1) is 11.0 Å². The summed E-state index contributed by atoms with van der Waals surface area (Å²) >= 11 is 3.47. The molecule has 0 fully saturated rings. The lowest BCUT2D eigenvalue weighted by Gasteiger charge is -1.98. The van der Waals surface area contributed by atoms with Crippen LogP contribution in [0.5, 0.6) is 0 Å². The van der Waals surface area contributed by atoms with Crippen LogP contribution >= 0.6 is 15.9 Å². The molecule has 0 saturated carbocycles. The number of benzene rings is 2. The average molecular weight is 301 g/mol. The molecule has 90 valence electrons. The molecule has 3 aromatic rings. The Bertz CT molecular complexity index is 683. The lowest BCUT2D eigenvalue weighted by atomic mass is 10.1. The number of halogens is 1. The Kier molecular flexibility index (Phi) is 2.92. The monoisotopic (exact) mass is 300 g/mol. The molecular weight excluding hydrogens is 288 g/mol. The first kappa shape index (κ1) is 11.5. The summed E-state index contributed by atoms with van der Waals surface area (Å²) in [4.78, 5) is 7.95. The number of aromatic amines is 1. The van der Waals surface area contributed by atoms with Gasteiger partial charge in [-0.05, 0) is 30.2 Å². The second-order valence-electron chi connectivity index (χ2n) is 4.30. The van der Waals surface area contributed by atoms with Gasteiger partial charge in [-0.1, -0.05) is 47.1 Å². The lowest BCUT2D eigenvalue weighted by molar-refractivity contribution is 1.14. The van der Waals surface area contributed by atoms with Crippen molar-refractivity contribution in [2.45, 2.75) is 13.3 Å². The summed E-state index contributed by atoms with van der Waals surface area (Å²) < 4.78 is 1.06. The van der Waals surface area contributed by atoms with Crippen molar-refractivity contribution >= 4 is 27.0 Å². The smallest absolute Gasteiger partial charge is 0.138 e. The van der Waals surface area contributed by atoms with Crippen molar-refractivity contribution in [2.75, 3.05) is 0 Å². The molecule has 0 spiro atoms. The molecule has 0 amide bonds. The molecule has 0 aliphatic heterocycles. The first-order valence-corrected chi connectivity index (χ1v) is 6.80. The fourth-order valence-corrected chi connectivity index (χ4v) is 2.38. The molecule has 3 heteroatoms. The summed E-state index contributed by atoms with van der Waals surface area (Å²) in [5, 5.41) is 0. The van der Waals surface area contributed by atoms with Gasteiger partial charge in [-0.15, -0.1) is 0 Å². The maximum atomic E-state index is 4.60. The molecule has 0 bridgehead atoms. The summed E-state index contributed by atoms with van der Waals surface area (Å²) in [6.45, 7) is 2.16. The third-order valence-electron chi connectivity index (χ3n) is 3.08. The number of imidazole rings is 1. The highest BCUT2D eigenvalue weighted by molar-refractivity contribution is 9.10. The van der Waals surface area contributed by atoms with E-state index in [4.69, 9.17) is 0 Å². The van der Waals surface area contributed by atoms with Gasteiger partial charge in [-0.25, -0.2) is 4.98 Å². The fraction of sp³-hybridized carbons (Fsp3) is 0.133. The molecule has 0 atom stereocenters. The van der Waals surface area contributed by atoms with E-state index in [0.29, 0.717) is 0 Å². The Morgan fingerprint density at radius 2 is 1.89 bits per heavy atom. The van der Waals surface area contributed by atoms with E-state index in [9.17, 15) is 0 Å². The van der Waals surface area contributed by atoms with Gasteiger partial charge >= 0.3 is 0 Å². The van der Waals surface area contributed by atoms with Crippen LogP contribution in [0.2, 0.25) is 0 Å². The molecule has 0 radical (unpaired) electrons. The lowest BCUT2D eigenvalue weighted by Crippen LogP contribution is -1.82. The van der Waals surface area contributed by atoms with Crippen LogP contribution in [0.3, 0.4) is 0 Å². The van der Waals surface area contributed by atoms with Gasteiger partial charge in [-0.2, -0.15) is 0 Å². The Labute approximate surface area is 114 Å². The molecule has 2 nitrogen and oxygen atoms in total. The van der Waals surface area contributed by atoms with Crippen LogP contribution in [-0.4, -0.2) is 9.97 Å². The molecule has 0 saturated heterocycles. The third-order valence-corrected chi connectivity index (χ3v) is 3.57.